The molecule has 3 aliphatic carbocycles. The van der Waals surface area contributed by atoms with Gasteiger partial charge in [0.2, 0.25) is 27.7 Å². The van der Waals surface area contributed by atoms with Gasteiger partial charge in [-0.3, -0.25) is 24.0 Å². The van der Waals surface area contributed by atoms with Crippen molar-refractivity contribution in [2.75, 3.05) is 11.9 Å². The maximum Gasteiger partial charge on any atom is 0.410 e. The van der Waals surface area contributed by atoms with E-state index in [1.165, 1.54) is 11.0 Å². The summed E-state index contributed by atoms with van der Waals surface area (Å²) < 4.78 is 39.7. The average molecular weight is 762 g/mol. The van der Waals surface area contributed by atoms with E-state index in [0.29, 0.717) is 38.2 Å². The second-order valence-corrected chi connectivity index (χ2v) is 17.5. The van der Waals surface area contributed by atoms with Crippen LogP contribution in [0.1, 0.15) is 93.2 Å². The standard InChI is InChI=1S/C38H47N7O8S/c1-2-26-19-38(26,35(48)43-54(50,51)28-16-17-28)40-33(46)30-18-27-21-45(30)34(47)32(24-11-6-3-7-12-24)39-36-42-41-31(53-36)15-8-4-5-10-23-13-9-14-25-20-44(22-29(23)25)37(49)52-27/h2,5,9-10,13-14,24,26-28,30,32H,1,3-4,6-8,11-12,15-22H2,(H,39,42)(H,40,46)(H,43,48)/b10-5+/t26-,27+,30-,32-,38+/m0/s1. The summed E-state index contributed by atoms with van der Waals surface area (Å²) in [6, 6.07) is 4.15. The van der Waals surface area contributed by atoms with Gasteiger partial charge < -0.3 is 24.7 Å². The van der Waals surface area contributed by atoms with E-state index in [1.54, 1.807) is 4.90 Å². The summed E-state index contributed by atoms with van der Waals surface area (Å²) in [5, 5.41) is 13.9. The molecule has 3 saturated carbocycles. The highest BCUT2D eigenvalue weighted by Gasteiger charge is 2.62. The second kappa shape index (κ2) is 14.5. The molecule has 5 atom stereocenters. The number of anilines is 1. The molecule has 4 fully saturated rings. The molecule has 8 rings (SSSR count). The number of carbonyl (C=O) groups excluding carboxylic acids is 4. The third kappa shape index (κ3) is 7.23. The molecule has 6 bridgehead atoms. The van der Waals surface area contributed by atoms with Crippen LogP contribution in [-0.2, 0) is 48.7 Å². The smallest absolute Gasteiger partial charge is 0.410 e. The van der Waals surface area contributed by atoms with Gasteiger partial charge in [0.25, 0.3) is 5.91 Å². The third-order valence-corrected chi connectivity index (χ3v) is 13.7. The van der Waals surface area contributed by atoms with Gasteiger partial charge in [-0.1, -0.05) is 60.8 Å². The number of rotatable bonds is 7. The molecule has 15 nitrogen and oxygen atoms in total. The van der Waals surface area contributed by atoms with Gasteiger partial charge in [0, 0.05) is 25.3 Å². The van der Waals surface area contributed by atoms with Crippen molar-refractivity contribution in [3.05, 3.63) is 59.5 Å². The summed E-state index contributed by atoms with van der Waals surface area (Å²) >= 11 is 0. The highest BCUT2D eigenvalue weighted by molar-refractivity contribution is 7.91. The monoisotopic (exact) mass is 761 g/mol. The summed E-state index contributed by atoms with van der Waals surface area (Å²) in [7, 11) is -3.89. The maximum absolute atomic E-state index is 14.8. The van der Waals surface area contributed by atoms with E-state index in [0.717, 1.165) is 61.6 Å². The summed E-state index contributed by atoms with van der Waals surface area (Å²) in [5.74, 6) is -2.01. The Morgan fingerprint density at radius 2 is 1.87 bits per heavy atom. The number of aryl methyl sites for hydroxylation is 1. The molecule has 3 aliphatic heterocycles. The molecule has 1 aromatic heterocycles. The maximum atomic E-state index is 14.8. The number of allylic oxidation sites excluding steroid dienone is 1. The van der Waals surface area contributed by atoms with Crippen molar-refractivity contribution in [3.8, 4) is 0 Å². The van der Waals surface area contributed by atoms with Crippen molar-refractivity contribution in [3.63, 3.8) is 0 Å². The van der Waals surface area contributed by atoms with Crippen LogP contribution in [0.25, 0.3) is 6.08 Å². The zero-order valence-corrected chi connectivity index (χ0v) is 31.0. The van der Waals surface area contributed by atoms with Crippen LogP contribution >= 0.6 is 0 Å². The lowest BCUT2D eigenvalue weighted by atomic mass is 9.83. The summed E-state index contributed by atoms with van der Waals surface area (Å²) in [5.41, 5.74) is 1.54. The van der Waals surface area contributed by atoms with Gasteiger partial charge >= 0.3 is 12.1 Å². The summed E-state index contributed by atoms with van der Waals surface area (Å²) in [6.45, 7) is 4.46. The molecule has 0 radical (unpaired) electrons. The van der Waals surface area contributed by atoms with Gasteiger partial charge in [-0.15, -0.1) is 11.7 Å². The zero-order chi connectivity index (χ0) is 37.6. The van der Waals surface area contributed by atoms with E-state index in [9.17, 15) is 27.6 Å². The van der Waals surface area contributed by atoms with Crippen LogP contribution in [0.2, 0.25) is 0 Å². The van der Waals surface area contributed by atoms with Crippen molar-refractivity contribution >= 4 is 45.9 Å². The normalized spacial score (nSPS) is 29.5. The first kappa shape index (κ1) is 36.3. The Labute approximate surface area is 314 Å². The number of sulfonamides is 1. The third-order valence-electron chi connectivity index (χ3n) is 11.8. The first-order valence-electron chi connectivity index (χ1n) is 19.2. The molecule has 16 heteroatoms. The highest BCUT2D eigenvalue weighted by atomic mass is 32.2. The molecule has 54 heavy (non-hydrogen) atoms. The predicted molar refractivity (Wildman–Crippen MR) is 196 cm³/mol. The Morgan fingerprint density at radius 1 is 1.06 bits per heavy atom. The van der Waals surface area contributed by atoms with Gasteiger partial charge in [-0.25, -0.2) is 13.2 Å². The molecule has 0 unspecified atom stereocenters. The number of benzene rings is 1. The zero-order valence-electron chi connectivity index (χ0n) is 30.2. The predicted octanol–water partition coefficient (Wildman–Crippen LogP) is 3.57. The van der Waals surface area contributed by atoms with Crippen LogP contribution in [0.15, 0.2) is 41.3 Å². The molecular formula is C38H47N7O8S. The number of hydrogen-bond donors (Lipinski definition) is 3. The fraction of sp³-hybridized carbons (Fsp3) is 0.579. The van der Waals surface area contributed by atoms with Crippen molar-refractivity contribution in [2.45, 2.75) is 119 Å². The van der Waals surface area contributed by atoms with Crippen LogP contribution in [0.5, 0.6) is 0 Å². The van der Waals surface area contributed by atoms with E-state index < -0.39 is 62.8 Å². The quantitative estimate of drug-likeness (QED) is 0.350. The molecule has 0 spiro atoms. The molecule has 6 aliphatic rings. The minimum atomic E-state index is -3.89. The SMILES string of the molecule is C=C[C@H]1C[C@]1(NC(=O)[C@@H]1C[C@@H]2CN1C(=O)[C@H](C1CCCCC1)Nc1nnc(o1)CCC/C=C/c1cccc3c1CN(C3)C(=O)O2)C(=O)NS(=O)(=O)C1CC1. The van der Waals surface area contributed by atoms with Gasteiger partial charge in [-0.2, -0.15) is 0 Å². The average Bonchev–Trinajstić information content (AvgIpc) is 3.98. The summed E-state index contributed by atoms with van der Waals surface area (Å²) in [6.07, 6.45) is 11.9. The van der Waals surface area contributed by atoms with E-state index in [4.69, 9.17) is 9.15 Å². The van der Waals surface area contributed by atoms with Gasteiger partial charge in [0.15, 0.2) is 0 Å². The van der Waals surface area contributed by atoms with Crippen LogP contribution in [-0.4, -0.2) is 87.8 Å². The van der Waals surface area contributed by atoms with Crippen LogP contribution in [0.4, 0.5) is 10.8 Å². The van der Waals surface area contributed by atoms with E-state index in [2.05, 4.69) is 44.3 Å². The molecular weight excluding hydrogens is 715 g/mol. The Hall–Kier alpha value is -4.73. The molecule has 1 aromatic carbocycles. The highest BCUT2D eigenvalue weighted by Crippen LogP contribution is 2.45. The number of fused-ring (bicyclic) bond motifs is 5. The van der Waals surface area contributed by atoms with E-state index in [-0.39, 0.29) is 37.2 Å². The molecule has 1 saturated heterocycles. The van der Waals surface area contributed by atoms with E-state index in [1.807, 2.05) is 18.2 Å². The lowest BCUT2D eigenvalue weighted by Crippen LogP contribution is -2.58. The lowest BCUT2D eigenvalue weighted by molar-refractivity contribution is -0.141. The van der Waals surface area contributed by atoms with Crippen LogP contribution < -0.4 is 15.4 Å². The van der Waals surface area contributed by atoms with Crippen molar-refractivity contribution < 1.29 is 36.7 Å². The fourth-order valence-electron chi connectivity index (χ4n) is 8.50. The second-order valence-electron chi connectivity index (χ2n) is 15.6. The van der Waals surface area contributed by atoms with E-state index >= 15 is 0 Å². The Morgan fingerprint density at radius 3 is 2.63 bits per heavy atom. The van der Waals surface area contributed by atoms with Crippen LogP contribution in [0, 0.1) is 11.8 Å². The molecule has 3 N–H and O–H groups in total. The van der Waals surface area contributed by atoms with Crippen molar-refractivity contribution in [1.82, 2.24) is 30.0 Å². The fourth-order valence-corrected chi connectivity index (χ4v) is 9.86. The number of amides is 4. The molecule has 4 heterocycles. The molecule has 288 valence electrons. The number of hydrogen-bond acceptors (Lipinski definition) is 11. The lowest BCUT2D eigenvalue weighted by Gasteiger charge is -2.34. The molecule has 2 aromatic rings. The number of aromatic nitrogens is 2. The van der Waals surface area contributed by atoms with Crippen molar-refractivity contribution in [2.24, 2.45) is 11.8 Å². The van der Waals surface area contributed by atoms with Gasteiger partial charge in [0.1, 0.15) is 23.7 Å². The molecule has 4 amide bonds. The number of carbonyl (C=O) groups is 4. The minimum Gasteiger partial charge on any atom is -0.444 e. The number of ether oxygens (including phenoxy) is 1. The first-order valence-corrected chi connectivity index (χ1v) is 20.7. The Bertz CT molecular complexity index is 1970. The van der Waals surface area contributed by atoms with Crippen molar-refractivity contribution in [1.29, 1.82) is 0 Å². The number of nitrogens with one attached hydrogen (secondary N) is 3. The topological polar surface area (TPSA) is 193 Å². The van der Waals surface area contributed by atoms with Gasteiger partial charge in [0.05, 0.1) is 18.3 Å². The van der Waals surface area contributed by atoms with Crippen LogP contribution in [0.3, 0.4) is 0 Å². The summed E-state index contributed by atoms with van der Waals surface area (Å²) in [4.78, 5) is 59.4. The Balaban J connectivity index is 1.09. The van der Waals surface area contributed by atoms with Gasteiger partial charge in [-0.05, 0) is 67.6 Å². The Kier molecular flexibility index (Phi) is 9.73. The number of nitrogens with zero attached hydrogens (tertiary/aromatic N) is 4. The first-order chi connectivity index (χ1) is 26.0. The minimum absolute atomic E-state index is 0.0169. The largest absolute Gasteiger partial charge is 0.444 e.